The average Bonchev–Trinajstić information content (AvgIpc) is 3.85. The van der Waals surface area contributed by atoms with Gasteiger partial charge in [-0.2, -0.15) is 0 Å². The summed E-state index contributed by atoms with van der Waals surface area (Å²) in [6.07, 6.45) is -0.352. The van der Waals surface area contributed by atoms with Gasteiger partial charge in [0.2, 0.25) is 6.29 Å². The van der Waals surface area contributed by atoms with Gasteiger partial charge in [0.05, 0.1) is 39.0 Å². The summed E-state index contributed by atoms with van der Waals surface area (Å²) < 4.78 is 11.1. The van der Waals surface area contributed by atoms with Crippen molar-refractivity contribution < 1.29 is 4.74 Å². The zero-order valence-corrected chi connectivity index (χ0v) is 32.0. The van der Waals surface area contributed by atoms with Crippen LogP contribution < -0.4 is 10.1 Å². The van der Waals surface area contributed by atoms with Gasteiger partial charge in [-0.25, -0.2) is 4.99 Å². The molecule has 4 heterocycles. The number of aliphatic imine (C=N–C) groups is 1. The Hall–Kier alpha value is -7.37. The minimum Gasteiger partial charge on any atom is -0.456 e. The normalized spacial score (nSPS) is 15.8. The predicted octanol–water partition coefficient (Wildman–Crippen LogP) is 13.4. The van der Waals surface area contributed by atoms with Crippen LogP contribution in [0.3, 0.4) is 0 Å². The Bertz CT molecular complexity index is 3440. The minimum atomic E-state index is -0.352. The number of rotatable bonds is 3. The second-order valence-electron chi connectivity index (χ2n) is 16.4. The van der Waals surface area contributed by atoms with E-state index in [1.165, 1.54) is 71.6 Å². The first-order valence-corrected chi connectivity index (χ1v) is 20.1. The molecule has 0 radical (unpaired) electrons. The van der Waals surface area contributed by atoms with E-state index in [4.69, 9.17) is 9.73 Å². The number of para-hydroxylation sites is 3. The highest BCUT2D eigenvalue weighted by Gasteiger charge is 2.36. The molecule has 1 aliphatic carbocycles. The monoisotopic (exact) mass is 744 g/mol. The van der Waals surface area contributed by atoms with E-state index in [0.29, 0.717) is 0 Å². The van der Waals surface area contributed by atoms with Crippen molar-refractivity contribution in [1.29, 1.82) is 0 Å². The fourth-order valence-corrected chi connectivity index (χ4v) is 10.2. The van der Waals surface area contributed by atoms with E-state index in [1.807, 2.05) is 24.3 Å². The Morgan fingerprint density at radius 1 is 0.517 bits per heavy atom. The Labute approximate surface area is 335 Å². The Morgan fingerprint density at radius 3 is 2.05 bits per heavy atom. The summed E-state index contributed by atoms with van der Waals surface area (Å²) in [5.41, 5.74) is 17.6. The van der Waals surface area contributed by atoms with Crippen LogP contribution in [0.2, 0.25) is 0 Å². The molecule has 10 aromatic rings. The van der Waals surface area contributed by atoms with E-state index in [0.717, 1.165) is 45.1 Å². The van der Waals surface area contributed by atoms with Gasteiger partial charge in [0.15, 0.2) is 0 Å². The van der Waals surface area contributed by atoms with Crippen molar-refractivity contribution in [3.8, 4) is 39.4 Å². The summed E-state index contributed by atoms with van der Waals surface area (Å²) in [5.74, 6) is 1.66. The van der Waals surface area contributed by atoms with Crippen LogP contribution in [0.5, 0.6) is 11.5 Å². The summed E-state index contributed by atoms with van der Waals surface area (Å²) >= 11 is 0. The maximum atomic E-state index is 6.33. The van der Waals surface area contributed by atoms with Crippen LogP contribution in [0.4, 0.5) is 5.69 Å². The third-order valence-electron chi connectivity index (χ3n) is 12.9. The lowest BCUT2D eigenvalue weighted by molar-refractivity contribution is 0.474. The third-order valence-corrected chi connectivity index (χ3v) is 12.9. The standard InChI is InChI=1S/C53H36N4O/c1-53(2)41-18-9-6-15-34(41)37-29-40-39-28-32(23-25-45(39)56(47(40)30-42(37)53)33-13-4-3-5-14-33)31-24-26-46-38(27-31)35-16-7-10-20-44(35)57(46)52-54-43-19-12-22-49-50(43)51(55-52)36-17-8-11-21-48(36)58-49/h3-30,52,54H,1-2H3. The molecule has 8 aromatic carbocycles. The van der Waals surface area contributed by atoms with Gasteiger partial charge < -0.3 is 19.2 Å². The number of nitrogens with one attached hydrogen (secondary N) is 1. The van der Waals surface area contributed by atoms with Crippen LogP contribution in [-0.2, 0) is 5.41 Å². The summed E-state index contributed by atoms with van der Waals surface area (Å²) in [6.45, 7) is 4.72. The molecule has 2 aromatic heterocycles. The van der Waals surface area contributed by atoms with Crippen LogP contribution in [0.25, 0.3) is 71.6 Å². The van der Waals surface area contributed by atoms with Gasteiger partial charge in [-0.3, -0.25) is 0 Å². The Balaban J connectivity index is 1.00. The smallest absolute Gasteiger partial charge is 0.201 e. The molecule has 0 fully saturated rings. The van der Waals surface area contributed by atoms with E-state index < -0.39 is 0 Å². The predicted molar refractivity (Wildman–Crippen MR) is 238 cm³/mol. The van der Waals surface area contributed by atoms with Crippen molar-refractivity contribution >= 4 is 55.0 Å². The van der Waals surface area contributed by atoms with E-state index in [-0.39, 0.29) is 11.7 Å². The summed E-state index contributed by atoms with van der Waals surface area (Å²) in [5, 5.41) is 8.69. The molecule has 1 N–H and O–H groups in total. The number of hydrogen-bond acceptors (Lipinski definition) is 3. The van der Waals surface area contributed by atoms with Gasteiger partial charge >= 0.3 is 0 Å². The summed E-state index contributed by atoms with van der Waals surface area (Å²) in [4.78, 5) is 5.44. The molecule has 274 valence electrons. The first-order chi connectivity index (χ1) is 28.5. The molecule has 0 bridgehead atoms. The highest BCUT2D eigenvalue weighted by atomic mass is 16.5. The van der Waals surface area contributed by atoms with Crippen molar-refractivity contribution in [2.24, 2.45) is 4.99 Å². The number of benzene rings is 8. The number of ether oxygens (including phenoxy) is 1. The Morgan fingerprint density at radius 2 is 1.19 bits per heavy atom. The van der Waals surface area contributed by atoms with Gasteiger partial charge in [0, 0.05) is 38.2 Å². The first-order valence-electron chi connectivity index (χ1n) is 20.1. The van der Waals surface area contributed by atoms with Crippen LogP contribution in [0, 0.1) is 0 Å². The SMILES string of the molecule is CC1(C)c2ccccc2-c2cc3c4cc(-c5ccc6c(c5)c5ccccc5n6C5N=C6c7ccccc7Oc7cccc(c76)N5)ccc4n(-c4ccccc4)c3cc21. The van der Waals surface area contributed by atoms with Crippen molar-refractivity contribution in [2.45, 2.75) is 25.6 Å². The summed E-state index contributed by atoms with van der Waals surface area (Å²) in [7, 11) is 0. The van der Waals surface area contributed by atoms with Crippen molar-refractivity contribution in [2.75, 3.05) is 5.32 Å². The van der Waals surface area contributed by atoms with Gasteiger partial charge in [-0.15, -0.1) is 0 Å². The highest BCUT2D eigenvalue weighted by molar-refractivity contribution is 6.21. The third kappa shape index (κ3) is 4.22. The number of fused-ring (bicyclic) bond motifs is 11. The number of anilines is 1. The van der Waals surface area contributed by atoms with Gasteiger partial charge in [0.1, 0.15) is 11.5 Å². The highest BCUT2D eigenvalue weighted by Crippen LogP contribution is 2.51. The lowest BCUT2D eigenvalue weighted by atomic mass is 9.82. The van der Waals surface area contributed by atoms with Crippen LogP contribution >= 0.6 is 0 Å². The zero-order chi connectivity index (χ0) is 38.3. The molecule has 3 aliphatic rings. The molecule has 13 rings (SSSR count). The molecule has 1 atom stereocenters. The zero-order valence-electron chi connectivity index (χ0n) is 32.0. The molecule has 0 saturated carbocycles. The number of nitrogens with zero attached hydrogens (tertiary/aromatic N) is 3. The fourth-order valence-electron chi connectivity index (χ4n) is 10.2. The molecular weight excluding hydrogens is 709 g/mol. The summed E-state index contributed by atoms with van der Waals surface area (Å²) in [6, 6.07) is 61.7. The van der Waals surface area contributed by atoms with Crippen molar-refractivity contribution in [1.82, 2.24) is 9.13 Å². The second-order valence-corrected chi connectivity index (χ2v) is 16.4. The lowest BCUT2D eigenvalue weighted by Crippen LogP contribution is -2.27. The number of aromatic nitrogens is 2. The quantitative estimate of drug-likeness (QED) is 0.196. The number of hydrogen-bond donors (Lipinski definition) is 1. The van der Waals surface area contributed by atoms with Crippen molar-refractivity contribution in [3.63, 3.8) is 0 Å². The topological polar surface area (TPSA) is 43.5 Å². The first kappa shape index (κ1) is 31.8. The Kier molecular flexibility index (Phi) is 6.23. The molecule has 0 spiro atoms. The van der Waals surface area contributed by atoms with Crippen LogP contribution in [-0.4, -0.2) is 14.8 Å². The van der Waals surface area contributed by atoms with Gasteiger partial charge in [-0.05, 0) is 112 Å². The van der Waals surface area contributed by atoms with Crippen LogP contribution in [0.15, 0.2) is 175 Å². The van der Waals surface area contributed by atoms with Gasteiger partial charge in [-0.1, -0.05) is 105 Å². The van der Waals surface area contributed by atoms with Gasteiger partial charge in [0.25, 0.3) is 0 Å². The largest absolute Gasteiger partial charge is 0.456 e. The molecule has 5 heteroatoms. The second kappa shape index (κ2) is 11.4. The average molecular weight is 745 g/mol. The molecule has 2 aliphatic heterocycles. The molecule has 5 nitrogen and oxygen atoms in total. The molecule has 0 amide bonds. The molecule has 1 unspecified atom stereocenters. The van der Waals surface area contributed by atoms with Crippen molar-refractivity contribution in [3.05, 3.63) is 192 Å². The van der Waals surface area contributed by atoms with E-state index in [9.17, 15) is 0 Å². The fraction of sp³-hybridized carbons (Fsp3) is 0.0755. The maximum Gasteiger partial charge on any atom is 0.201 e. The molecule has 58 heavy (non-hydrogen) atoms. The molecular formula is C53H36N4O. The minimum absolute atomic E-state index is 0.0847. The van der Waals surface area contributed by atoms with E-state index in [2.05, 4.69) is 174 Å². The molecule has 0 saturated heterocycles. The van der Waals surface area contributed by atoms with E-state index in [1.54, 1.807) is 0 Å². The maximum absolute atomic E-state index is 6.33. The lowest BCUT2D eigenvalue weighted by Gasteiger charge is -2.32. The van der Waals surface area contributed by atoms with Crippen LogP contribution in [0.1, 0.15) is 42.4 Å². The van der Waals surface area contributed by atoms with E-state index >= 15 is 0 Å².